The summed E-state index contributed by atoms with van der Waals surface area (Å²) < 4.78 is 3.52. The van der Waals surface area contributed by atoms with Crippen molar-refractivity contribution in [2.24, 2.45) is 7.05 Å². The van der Waals surface area contributed by atoms with E-state index < -0.39 is 0 Å². The number of hydrogen-bond donors (Lipinski definition) is 0. The second-order valence-electron chi connectivity index (χ2n) is 5.10. The first kappa shape index (κ1) is 16.5. The summed E-state index contributed by atoms with van der Waals surface area (Å²) in [6, 6.07) is 16.9. The summed E-state index contributed by atoms with van der Waals surface area (Å²) in [6.45, 7) is 0. The summed E-state index contributed by atoms with van der Waals surface area (Å²) in [5, 5.41) is 6.55. The summed E-state index contributed by atoms with van der Waals surface area (Å²) in [6.07, 6.45) is 2.06. The van der Waals surface area contributed by atoms with Gasteiger partial charge in [0.1, 0.15) is 11.7 Å². The zero-order valence-electron chi connectivity index (χ0n) is 12.3. The number of benzene rings is 2. The maximum atomic E-state index is 6.46. The molecule has 0 spiro atoms. The van der Waals surface area contributed by atoms with Crippen LogP contribution in [0.25, 0.3) is 32.1 Å². The molecule has 0 unspecified atom stereocenters. The van der Waals surface area contributed by atoms with Gasteiger partial charge < -0.3 is 12.4 Å². The van der Waals surface area contributed by atoms with Crippen molar-refractivity contribution in [3.63, 3.8) is 0 Å². The molecule has 0 aliphatic carbocycles. The van der Waals surface area contributed by atoms with Crippen LogP contribution in [0.15, 0.2) is 53.9 Å². The van der Waals surface area contributed by atoms with Crippen LogP contribution in [0.1, 0.15) is 9.88 Å². The minimum Gasteiger partial charge on any atom is -1.00 e. The highest BCUT2D eigenvalue weighted by atomic mass is 35.5. The van der Waals surface area contributed by atoms with Crippen LogP contribution in [0.4, 0.5) is 0 Å². The van der Waals surface area contributed by atoms with Crippen molar-refractivity contribution in [3.8, 4) is 0 Å². The maximum Gasteiger partial charge on any atom is 0.264 e. The maximum absolute atomic E-state index is 6.46. The zero-order valence-corrected chi connectivity index (χ0v) is 15.4. The smallest absolute Gasteiger partial charge is 0.264 e. The van der Waals surface area contributed by atoms with Gasteiger partial charge in [0.25, 0.3) is 5.01 Å². The molecule has 0 bridgehead atoms. The molecular weight excluding hydrogens is 365 g/mol. The normalized spacial score (nSPS) is 11.8. The summed E-state index contributed by atoms with van der Waals surface area (Å²) >= 11 is 9.90. The Hall–Kier alpha value is -1.39. The van der Waals surface area contributed by atoms with Crippen LogP contribution in [0, 0.1) is 0 Å². The first-order valence-electron chi connectivity index (χ1n) is 6.95. The number of aryl methyl sites for hydroxylation is 1. The molecule has 1 nitrogen and oxygen atoms in total. The number of hydrogen-bond acceptors (Lipinski definition) is 2. The standard InChI is InChI=1S/C18H13ClNS2.ClH/c1-20-17(11-14(19)15-7-4-10-21-15)22-16-9-8-12-5-2-3-6-13(12)18(16)20;/h2-11H,1H3;1H/q+1;/p-1. The van der Waals surface area contributed by atoms with Crippen LogP contribution >= 0.6 is 34.3 Å². The Morgan fingerprint density at radius 3 is 2.70 bits per heavy atom. The molecule has 23 heavy (non-hydrogen) atoms. The monoisotopic (exact) mass is 377 g/mol. The van der Waals surface area contributed by atoms with Crippen LogP contribution in [-0.2, 0) is 7.05 Å². The van der Waals surface area contributed by atoms with Gasteiger partial charge in [0, 0.05) is 11.0 Å². The van der Waals surface area contributed by atoms with Crippen LogP contribution < -0.4 is 17.0 Å². The van der Waals surface area contributed by atoms with E-state index in [0.29, 0.717) is 0 Å². The Labute approximate surface area is 153 Å². The van der Waals surface area contributed by atoms with E-state index >= 15 is 0 Å². The molecule has 0 amide bonds. The van der Waals surface area contributed by atoms with Gasteiger partial charge in [-0.25, -0.2) is 0 Å². The molecule has 116 valence electrons. The second kappa shape index (κ2) is 6.62. The van der Waals surface area contributed by atoms with Crippen molar-refractivity contribution in [1.82, 2.24) is 0 Å². The number of thiophene rings is 1. The van der Waals surface area contributed by atoms with Crippen molar-refractivity contribution in [2.45, 2.75) is 0 Å². The molecule has 4 aromatic rings. The number of nitrogens with zero attached hydrogens (tertiary/aromatic N) is 1. The highest BCUT2D eigenvalue weighted by Gasteiger charge is 2.18. The van der Waals surface area contributed by atoms with Crippen molar-refractivity contribution < 1.29 is 17.0 Å². The first-order valence-corrected chi connectivity index (χ1v) is 9.03. The number of rotatable bonds is 2. The molecule has 0 N–H and O–H groups in total. The molecule has 4 rings (SSSR count). The Balaban J connectivity index is 0.00000156. The average Bonchev–Trinajstić information content (AvgIpc) is 3.17. The van der Waals surface area contributed by atoms with E-state index in [1.165, 1.54) is 21.0 Å². The highest BCUT2D eigenvalue weighted by Crippen LogP contribution is 2.31. The van der Waals surface area contributed by atoms with E-state index in [1.807, 2.05) is 17.5 Å². The minimum absolute atomic E-state index is 0. The lowest BCUT2D eigenvalue weighted by Crippen LogP contribution is -3.00. The molecule has 0 aliphatic rings. The summed E-state index contributed by atoms with van der Waals surface area (Å²) in [4.78, 5) is 1.10. The minimum atomic E-state index is 0. The molecule has 2 aromatic carbocycles. The molecule has 5 heteroatoms. The van der Waals surface area contributed by atoms with Crippen LogP contribution in [-0.4, -0.2) is 0 Å². The van der Waals surface area contributed by atoms with Gasteiger partial charge in [0.2, 0.25) is 5.52 Å². The third kappa shape index (κ3) is 2.90. The SMILES string of the molecule is C[n+]1c(C=C(Cl)c2cccs2)sc2ccc3ccccc3c21.[Cl-]. The fourth-order valence-electron chi connectivity index (χ4n) is 2.68. The predicted molar refractivity (Wildman–Crippen MR) is 98.6 cm³/mol. The summed E-state index contributed by atoms with van der Waals surface area (Å²) in [5.41, 5.74) is 1.27. The van der Waals surface area contributed by atoms with Gasteiger partial charge in [-0.05, 0) is 29.0 Å². The number of thiazole rings is 1. The number of fused-ring (bicyclic) bond motifs is 3. The third-order valence-electron chi connectivity index (χ3n) is 3.75. The third-order valence-corrected chi connectivity index (χ3v) is 6.23. The molecular formula is C18H13Cl2NS2. The number of halogens is 2. The summed E-state index contributed by atoms with van der Waals surface area (Å²) in [7, 11) is 2.11. The Bertz CT molecular complexity index is 1000. The molecule has 2 heterocycles. The van der Waals surface area contributed by atoms with Gasteiger partial charge in [-0.1, -0.05) is 53.3 Å². The zero-order chi connectivity index (χ0) is 15.1. The highest BCUT2D eigenvalue weighted by molar-refractivity contribution is 7.19. The average molecular weight is 378 g/mol. The van der Waals surface area contributed by atoms with Crippen molar-refractivity contribution in [3.05, 3.63) is 63.8 Å². The molecule has 0 atom stereocenters. The fraction of sp³-hybridized carbons (Fsp3) is 0.0556. The van der Waals surface area contributed by atoms with E-state index in [0.717, 1.165) is 14.9 Å². The van der Waals surface area contributed by atoms with E-state index in [9.17, 15) is 0 Å². The summed E-state index contributed by atoms with van der Waals surface area (Å²) in [5.74, 6) is 0. The quantitative estimate of drug-likeness (QED) is 0.473. The molecule has 0 aliphatic heterocycles. The Morgan fingerprint density at radius 2 is 1.91 bits per heavy atom. The Morgan fingerprint density at radius 1 is 1.09 bits per heavy atom. The van der Waals surface area contributed by atoms with Crippen LogP contribution in [0.2, 0.25) is 0 Å². The fourth-order valence-corrected chi connectivity index (χ4v) is 4.78. The van der Waals surface area contributed by atoms with E-state index in [4.69, 9.17) is 11.6 Å². The molecule has 0 saturated heterocycles. The lowest BCUT2D eigenvalue weighted by molar-refractivity contribution is -0.641. The number of aromatic nitrogens is 1. The van der Waals surface area contributed by atoms with Crippen molar-refractivity contribution in [1.29, 1.82) is 0 Å². The van der Waals surface area contributed by atoms with Gasteiger partial charge in [-0.2, -0.15) is 4.57 Å². The van der Waals surface area contributed by atoms with Gasteiger partial charge in [-0.3, -0.25) is 0 Å². The Kier molecular flexibility index (Phi) is 4.74. The topological polar surface area (TPSA) is 3.88 Å². The second-order valence-corrected chi connectivity index (χ2v) is 7.52. The van der Waals surface area contributed by atoms with Gasteiger partial charge >= 0.3 is 0 Å². The molecule has 2 aromatic heterocycles. The van der Waals surface area contributed by atoms with E-state index in [-0.39, 0.29) is 12.4 Å². The van der Waals surface area contributed by atoms with Crippen molar-refractivity contribution >= 4 is 66.4 Å². The van der Waals surface area contributed by atoms with E-state index in [1.54, 1.807) is 22.7 Å². The van der Waals surface area contributed by atoms with Gasteiger partial charge in [0.15, 0.2) is 0 Å². The largest absolute Gasteiger partial charge is 1.00 e. The van der Waals surface area contributed by atoms with Gasteiger partial charge in [0.05, 0.1) is 10.4 Å². The van der Waals surface area contributed by atoms with E-state index in [2.05, 4.69) is 54.1 Å². The van der Waals surface area contributed by atoms with Crippen LogP contribution in [0.5, 0.6) is 0 Å². The lowest BCUT2D eigenvalue weighted by atomic mass is 10.1. The van der Waals surface area contributed by atoms with Crippen LogP contribution in [0.3, 0.4) is 0 Å². The molecule has 0 saturated carbocycles. The van der Waals surface area contributed by atoms with Crippen molar-refractivity contribution in [2.75, 3.05) is 0 Å². The van der Waals surface area contributed by atoms with Gasteiger partial charge in [-0.15, -0.1) is 11.3 Å². The first-order chi connectivity index (χ1) is 10.7. The predicted octanol–water partition coefficient (Wildman–Crippen LogP) is 2.68. The lowest BCUT2D eigenvalue weighted by Gasteiger charge is -1.96. The molecule has 0 radical (unpaired) electrons. The molecule has 0 fully saturated rings.